The molecule has 2 heteroatoms. The van der Waals surface area contributed by atoms with Crippen molar-refractivity contribution in [1.82, 2.24) is 0 Å². The maximum atomic E-state index is 5.05. The SMILES string of the molecule is C1=N[C@@H](c2ccccc2)[C@@H](c2ccccc2)N=C1c1ccccc1. The Labute approximate surface area is 142 Å². The van der Waals surface area contributed by atoms with E-state index >= 15 is 0 Å². The molecule has 2 nitrogen and oxygen atoms in total. The van der Waals surface area contributed by atoms with E-state index in [0.29, 0.717) is 0 Å². The molecule has 0 amide bonds. The maximum Gasteiger partial charge on any atom is 0.102 e. The Morgan fingerprint density at radius 1 is 0.542 bits per heavy atom. The van der Waals surface area contributed by atoms with Crippen LogP contribution < -0.4 is 0 Å². The molecule has 0 fully saturated rings. The number of aliphatic imine (C=N–C) groups is 2. The average Bonchev–Trinajstić information content (AvgIpc) is 2.69. The zero-order valence-corrected chi connectivity index (χ0v) is 13.3. The largest absolute Gasteiger partial charge is 0.280 e. The van der Waals surface area contributed by atoms with Gasteiger partial charge in [0.1, 0.15) is 12.1 Å². The number of rotatable bonds is 3. The highest BCUT2D eigenvalue weighted by Gasteiger charge is 2.26. The summed E-state index contributed by atoms with van der Waals surface area (Å²) in [7, 11) is 0. The zero-order valence-electron chi connectivity index (χ0n) is 13.3. The Kier molecular flexibility index (Phi) is 4.03. The van der Waals surface area contributed by atoms with Crippen LogP contribution in [0, 0.1) is 0 Å². The fourth-order valence-electron chi connectivity index (χ4n) is 3.07. The highest BCUT2D eigenvalue weighted by atomic mass is 15.0. The third-order valence-electron chi connectivity index (χ3n) is 4.29. The molecule has 0 spiro atoms. The minimum atomic E-state index is -0.00574. The molecule has 0 radical (unpaired) electrons. The molecule has 0 bridgehead atoms. The van der Waals surface area contributed by atoms with Crippen molar-refractivity contribution < 1.29 is 0 Å². The second-order valence-electron chi connectivity index (χ2n) is 5.87. The Hall–Kier alpha value is -3.00. The van der Waals surface area contributed by atoms with E-state index in [9.17, 15) is 0 Å². The van der Waals surface area contributed by atoms with Gasteiger partial charge in [0.15, 0.2) is 0 Å². The van der Waals surface area contributed by atoms with Crippen molar-refractivity contribution in [2.45, 2.75) is 12.1 Å². The maximum absolute atomic E-state index is 5.05. The summed E-state index contributed by atoms with van der Waals surface area (Å²) in [4.78, 5) is 9.91. The lowest BCUT2D eigenvalue weighted by Gasteiger charge is -2.26. The van der Waals surface area contributed by atoms with E-state index in [0.717, 1.165) is 11.3 Å². The molecule has 0 unspecified atom stereocenters. The van der Waals surface area contributed by atoms with Gasteiger partial charge >= 0.3 is 0 Å². The summed E-state index contributed by atoms with van der Waals surface area (Å²) in [6.45, 7) is 0. The highest BCUT2D eigenvalue weighted by molar-refractivity contribution is 6.38. The summed E-state index contributed by atoms with van der Waals surface area (Å²) in [5.41, 5.74) is 4.43. The summed E-state index contributed by atoms with van der Waals surface area (Å²) in [5, 5.41) is 0. The van der Waals surface area contributed by atoms with Gasteiger partial charge in [-0.05, 0) is 11.1 Å². The lowest BCUT2D eigenvalue weighted by atomic mass is 9.92. The molecule has 2 atom stereocenters. The minimum absolute atomic E-state index is 0.00574. The van der Waals surface area contributed by atoms with Gasteiger partial charge < -0.3 is 0 Å². The summed E-state index contributed by atoms with van der Waals surface area (Å²) in [5.74, 6) is 0. The molecule has 0 aromatic heterocycles. The van der Waals surface area contributed by atoms with Crippen LogP contribution in [-0.4, -0.2) is 11.9 Å². The van der Waals surface area contributed by atoms with Crippen LogP contribution in [0.25, 0.3) is 0 Å². The van der Waals surface area contributed by atoms with E-state index in [1.165, 1.54) is 11.1 Å². The number of hydrogen-bond acceptors (Lipinski definition) is 2. The van der Waals surface area contributed by atoms with Gasteiger partial charge in [-0.25, -0.2) is 0 Å². The lowest BCUT2D eigenvalue weighted by molar-refractivity contribution is 0.577. The first-order valence-electron chi connectivity index (χ1n) is 8.18. The molecule has 1 aliphatic heterocycles. The quantitative estimate of drug-likeness (QED) is 0.647. The molecular formula is C22H18N2. The van der Waals surface area contributed by atoms with E-state index < -0.39 is 0 Å². The second kappa shape index (κ2) is 6.63. The number of benzene rings is 3. The first kappa shape index (κ1) is 14.6. The van der Waals surface area contributed by atoms with Crippen LogP contribution in [-0.2, 0) is 0 Å². The van der Waals surface area contributed by atoms with E-state index in [-0.39, 0.29) is 12.1 Å². The van der Waals surface area contributed by atoms with Gasteiger partial charge in [0.25, 0.3) is 0 Å². The molecule has 3 aromatic rings. The first-order valence-corrected chi connectivity index (χ1v) is 8.18. The molecule has 1 heterocycles. The van der Waals surface area contributed by atoms with Crippen molar-refractivity contribution in [3.8, 4) is 0 Å². The van der Waals surface area contributed by atoms with Gasteiger partial charge in [-0.1, -0.05) is 91.0 Å². The monoisotopic (exact) mass is 310 g/mol. The Morgan fingerprint density at radius 2 is 1.04 bits per heavy atom. The number of nitrogens with zero attached hydrogens (tertiary/aromatic N) is 2. The molecular weight excluding hydrogens is 292 g/mol. The summed E-state index contributed by atoms with van der Waals surface area (Å²) < 4.78 is 0. The summed E-state index contributed by atoms with van der Waals surface area (Å²) >= 11 is 0. The van der Waals surface area contributed by atoms with Gasteiger partial charge in [0, 0.05) is 11.8 Å². The fourth-order valence-corrected chi connectivity index (χ4v) is 3.07. The van der Waals surface area contributed by atoms with Gasteiger partial charge in [0.05, 0.1) is 5.71 Å². The highest BCUT2D eigenvalue weighted by Crippen LogP contribution is 2.37. The lowest BCUT2D eigenvalue weighted by Crippen LogP contribution is -2.18. The molecule has 1 aliphatic rings. The Balaban J connectivity index is 1.78. The van der Waals surface area contributed by atoms with Crippen molar-refractivity contribution in [1.29, 1.82) is 0 Å². The summed E-state index contributed by atoms with van der Waals surface area (Å²) in [6.07, 6.45) is 1.91. The van der Waals surface area contributed by atoms with Crippen molar-refractivity contribution >= 4 is 11.9 Å². The van der Waals surface area contributed by atoms with Gasteiger partial charge in [-0.3, -0.25) is 9.98 Å². The van der Waals surface area contributed by atoms with Gasteiger partial charge in [0.2, 0.25) is 0 Å². The predicted octanol–water partition coefficient (Wildman–Crippen LogP) is 5.04. The third-order valence-corrected chi connectivity index (χ3v) is 4.29. The molecule has 0 aliphatic carbocycles. The molecule has 0 saturated carbocycles. The van der Waals surface area contributed by atoms with E-state index in [4.69, 9.17) is 9.98 Å². The Bertz CT molecular complexity index is 852. The molecule has 3 aromatic carbocycles. The van der Waals surface area contributed by atoms with Crippen LogP contribution in [0.2, 0.25) is 0 Å². The van der Waals surface area contributed by atoms with Crippen molar-refractivity contribution in [3.63, 3.8) is 0 Å². The first-order chi connectivity index (χ1) is 11.9. The van der Waals surface area contributed by atoms with Crippen molar-refractivity contribution in [2.75, 3.05) is 0 Å². The standard InChI is InChI=1S/C22H18N2/c1-4-10-17(11-5-1)20-16-23-21(18-12-6-2-7-13-18)22(24-20)19-14-8-3-9-15-19/h1-16,21-22H/t21-,22+/m0/s1. The van der Waals surface area contributed by atoms with Crippen LogP contribution in [0.1, 0.15) is 28.8 Å². The third kappa shape index (κ3) is 2.91. The average molecular weight is 310 g/mol. The van der Waals surface area contributed by atoms with Crippen LogP contribution in [0.5, 0.6) is 0 Å². The van der Waals surface area contributed by atoms with Gasteiger partial charge in [-0.15, -0.1) is 0 Å². The second-order valence-corrected chi connectivity index (χ2v) is 5.87. The van der Waals surface area contributed by atoms with Crippen molar-refractivity contribution in [3.05, 3.63) is 108 Å². The van der Waals surface area contributed by atoms with E-state index in [2.05, 4.69) is 60.7 Å². The molecule has 4 rings (SSSR count). The minimum Gasteiger partial charge on any atom is -0.280 e. The normalized spacial score (nSPS) is 19.8. The Morgan fingerprint density at radius 3 is 1.62 bits per heavy atom. The van der Waals surface area contributed by atoms with Crippen LogP contribution >= 0.6 is 0 Å². The topological polar surface area (TPSA) is 24.7 Å². The van der Waals surface area contributed by atoms with E-state index in [1.807, 2.05) is 36.5 Å². The number of hydrogen-bond donors (Lipinski definition) is 0. The van der Waals surface area contributed by atoms with E-state index in [1.54, 1.807) is 0 Å². The zero-order chi connectivity index (χ0) is 16.2. The fraction of sp³-hybridized carbons (Fsp3) is 0.0909. The van der Waals surface area contributed by atoms with Crippen LogP contribution in [0.4, 0.5) is 0 Å². The van der Waals surface area contributed by atoms with Crippen molar-refractivity contribution in [2.24, 2.45) is 9.98 Å². The molecule has 0 saturated heterocycles. The predicted molar refractivity (Wildman–Crippen MR) is 99.8 cm³/mol. The molecule has 0 N–H and O–H groups in total. The summed E-state index contributed by atoms with van der Waals surface area (Å²) in [6, 6.07) is 31.1. The smallest absolute Gasteiger partial charge is 0.102 e. The molecule has 24 heavy (non-hydrogen) atoms. The van der Waals surface area contributed by atoms with Crippen LogP contribution in [0.3, 0.4) is 0 Å². The van der Waals surface area contributed by atoms with Crippen LogP contribution in [0.15, 0.2) is 101 Å². The molecule has 116 valence electrons. The van der Waals surface area contributed by atoms with Gasteiger partial charge in [-0.2, -0.15) is 0 Å².